The summed E-state index contributed by atoms with van der Waals surface area (Å²) in [5.74, 6) is 0.970. The van der Waals surface area contributed by atoms with Gasteiger partial charge in [0.15, 0.2) is 11.5 Å². The lowest BCUT2D eigenvalue weighted by Crippen LogP contribution is -2.35. The SMILES string of the molecule is CCOc1ccc(C(=O)Nc2ccc3c(c2)CCCN3C(=O)c2cccs2)cc1OCC. The average molecular weight is 451 g/mol. The van der Waals surface area contributed by atoms with Crippen LogP contribution >= 0.6 is 11.3 Å². The van der Waals surface area contributed by atoms with Crippen molar-refractivity contribution in [1.29, 1.82) is 0 Å². The second-order valence-electron chi connectivity index (χ2n) is 7.36. The number of nitrogens with one attached hydrogen (secondary N) is 1. The fourth-order valence-corrected chi connectivity index (χ4v) is 4.49. The summed E-state index contributed by atoms with van der Waals surface area (Å²) in [5.41, 5.74) is 3.16. The van der Waals surface area contributed by atoms with Gasteiger partial charge >= 0.3 is 0 Å². The van der Waals surface area contributed by atoms with Crippen LogP contribution in [0.25, 0.3) is 0 Å². The zero-order chi connectivity index (χ0) is 22.5. The molecular weight excluding hydrogens is 424 g/mol. The summed E-state index contributed by atoms with van der Waals surface area (Å²) >= 11 is 1.45. The Morgan fingerprint density at radius 2 is 1.84 bits per heavy atom. The van der Waals surface area contributed by atoms with Crippen LogP contribution in [0.2, 0.25) is 0 Å². The molecule has 0 atom stereocenters. The summed E-state index contributed by atoms with van der Waals surface area (Å²) in [4.78, 5) is 28.3. The lowest BCUT2D eigenvalue weighted by molar-refractivity contribution is 0.0987. The van der Waals surface area contributed by atoms with E-state index in [1.807, 2.05) is 54.5 Å². The van der Waals surface area contributed by atoms with E-state index in [1.54, 1.807) is 18.2 Å². The normalized spacial score (nSPS) is 12.8. The van der Waals surface area contributed by atoms with Crippen molar-refractivity contribution in [3.05, 3.63) is 69.9 Å². The van der Waals surface area contributed by atoms with Crippen molar-refractivity contribution in [2.45, 2.75) is 26.7 Å². The number of carbonyl (C=O) groups is 2. The topological polar surface area (TPSA) is 67.9 Å². The minimum atomic E-state index is -0.226. The highest BCUT2D eigenvalue weighted by Gasteiger charge is 2.24. The molecule has 0 spiro atoms. The molecule has 1 aromatic heterocycles. The first-order valence-corrected chi connectivity index (χ1v) is 11.7. The molecule has 166 valence electrons. The van der Waals surface area contributed by atoms with Crippen molar-refractivity contribution in [3.63, 3.8) is 0 Å². The number of rotatable bonds is 7. The van der Waals surface area contributed by atoms with Gasteiger partial charge in [0.05, 0.1) is 18.1 Å². The highest BCUT2D eigenvalue weighted by atomic mass is 32.1. The van der Waals surface area contributed by atoms with Crippen LogP contribution in [0.3, 0.4) is 0 Å². The van der Waals surface area contributed by atoms with Crippen molar-refractivity contribution in [1.82, 2.24) is 0 Å². The second kappa shape index (κ2) is 9.87. The molecule has 7 heteroatoms. The van der Waals surface area contributed by atoms with Gasteiger partial charge in [-0.15, -0.1) is 11.3 Å². The summed E-state index contributed by atoms with van der Waals surface area (Å²) in [5, 5.41) is 4.88. The van der Waals surface area contributed by atoms with Gasteiger partial charge in [0.2, 0.25) is 0 Å². The molecule has 0 bridgehead atoms. The van der Waals surface area contributed by atoms with E-state index in [4.69, 9.17) is 9.47 Å². The first-order chi connectivity index (χ1) is 15.6. The Morgan fingerprint density at radius 1 is 1.03 bits per heavy atom. The molecule has 32 heavy (non-hydrogen) atoms. The number of hydrogen-bond acceptors (Lipinski definition) is 5. The third-order valence-corrected chi connectivity index (χ3v) is 6.10. The van der Waals surface area contributed by atoms with E-state index in [1.165, 1.54) is 11.3 Å². The van der Waals surface area contributed by atoms with Crippen LogP contribution in [0.1, 0.15) is 45.9 Å². The lowest BCUT2D eigenvalue weighted by Gasteiger charge is -2.29. The third-order valence-electron chi connectivity index (χ3n) is 5.24. The summed E-state index contributed by atoms with van der Waals surface area (Å²) in [6.07, 6.45) is 1.75. The van der Waals surface area contributed by atoms with Crippen LogP contribution < -0.4 is 19.7 Å². The molecule has 0 radical (unpaired) electrons. The summed E-state index contributed by atoms with van der Waals surface area (Å²) in [6, 6.07) is 14.6. The van der Waals surface area contributed by atoms with Gasteiger partial charge in [-0.2, -0.15) is 0 Å². The highest BCUT2D eigenvalue weighted by Crippen LogP contribution is 2.32. The number of hydrogen-bond donors (Lipinski definition) is 1. The van der Waals surface area contributed by atoms with Crippen LogP contribution in [-0.4, -0.2) is 31.6 Å². The molecule has 0 saturated carbocycles. The molecule has 0 fully saturated rings. The van der Waals surface area contributed by atoms with Crippen molar-refractivity contribution in [2.24, 2.45) is 0 Å². The Kier molecular flexibility index (Phi) is 6.75. The Labute approximate surface area is 191 Å². The maximum absolute atomic E-state index is 12.9. The van der Waals surface area contributed by atoms with E-state index >= 15 is 0 Å². The lowest BCUT2D eigenvalue weighted by atomic mass is 10.0. The maximum atomic E-state index is 12.9. The Hall–Kier alpha value is -3.32. The van der Waals surface area contributed by atoms with Crippen molar-refractivity contribution in [3.8, 4) is 11.5 Å². The maximum Gasteiger partial charge on any atom is 0.268 e. The van der Waals surface area contributed by atoms with Crippen LogP contribution in [-0.2, 0) is 6.42 Å². The van der Waals surface area contributed by atoms with E-state index in [0.717, 1.165) is 29.0 Å². The van der Waals surface area contributed by atoms with Crippen LogP contribution in [0.15, 0.2) is 53.9 Å². The van der Waals surface area contributed by atoms with E-state index < -0.39 is 0 Å². The van der Waals surface area contributed by atoms with Gasteiger partial charge in [0.25, 0.3) is 11.8 Å². The average Bonchev–Trinajstić information content (AvgIpc) is 3.34. The molecular formula is C25H26N2O4S. The predicted octanol–water partition coefficient (Wildman–Crippen LogP) is 5.39. The molecule has 1 aliphatic heterocycles. The zero-order valence-electron chi connectivity index (χ0n) is 18.2. The number of fused-ring (bicyclic) bond motifs is 1. The summed E-state index contributed by atoms with van der Waals surface area (Å²) in [6.45, 7) is 5.49. The van der Waals surface area contributed by atoms with Gasteiger partial charge in [-0.05, 0) is 80.1 Å². The first kappa shape index (κ1) is 21.9. The van der Waals surface area contributed by atoms with Gasteiger partial charge in [0, 0.05) is 23.5 Å². The molecule has 2 heterocycles. The molecule has 2 amide bonds. The van der Waals surface area contributed by atoms with Crippen molar-refractivity contribution >= 4 is 34.5 Å². The van der Waals surface area contributed by atoms with Crippen molar-refractivity contribution < 1.29 is 19.1 Å². The summed E-state index contributed by atoms with van der Waals surface area (Å²) in [7, 11) is 0. The smallest absolute Gasteiger partial charge is 0.268 e. The van der Waals surface area contributed by atoms with Gasteiger partial charge in [-0.3, -0.25) is 9.59 Å². The minimum absolute atomic E-state index is 0.0237. The molecule has 0 aliphatic carbocycles. The second-order valence-corrected chi connectivity index (χ2v) is 8.31. The number of benzene rings is 2. The predicted molar refractivity (Wildman–Crippen MR) is 127 cm³/mol. The van der Waals surface area contributed by atoms with Crippen LogP contribution in [0.4, 0.5) is 11.4 Å². The van der Waals surface area contributed by atoms with E-state index in [0.29, 0.717) is 42.5 Å². The molecule has 0 saturated heterocycles. The zero-order valence-corrected chi connectivity index (χ0v) is 19.0. The Balaban J connectivity index is 1.53. The van der Waals surface area contributed by atoms with E-state index in [9.17, 15) is 9.59 Å². The number of ether oxygens (including phenoxy) is 2. The van der Waals surface area contributed by atoms with Gasteiger partial charge < -0.3 is 19.7 Å². The quantitative estimate of drug-likeness (QED) is 0.524. The first-order valence-electron chi connectivity index (χ1n) is 10.8. The van der Waals surface area contributed by atoms with Gasteiger partial charge in [-0.1, -0.05) is 6.07 Å². The highest BCUT2D eigenvalue weighted by molar-refractivity contribution is 7.12. The van der Waals surface area contributed by atoms with Gasteiger partial charge in [-0.25, -0.2) is 0 Å². The Morgan fingerprint density at radius 3 is 2.59 bits per heavy atom. The summed E-state index contributed by atoms with van der Waals surface area (Å²) < 4.78 is 11.2. The largest absolute Gasteiger partial charge is 0.490 e. The number of nitrogens with zero attached hydrogens (tertiary/aromatic N) is 1. The minimum Gasteiger partial charge on any atom is -0.490 e. The molecule has 4 rings (SSSR count). The molecule has 0 unspecified atom stereocenters. The molecule has 1 aliphatic rings. The van der Waals surface area contributed by atoms with Crippen molar-refractivity contribution in [2.75, 3.05) is 30.0 Å². The van der Waals surface area contributed by atoms with Crippen LogP contribution in [0, 0.1) is 0 Å². The Bertz CT molecular complexity index is 1110. The van der Waals surface area contributed by atoms with Gasteiger partial charge in [0.1, 0.15) is 0 Å². The van der Waals surface area contributed by atoms with E-state index in [-0.39, 0.29) is 11.8 Å². The monoisotopic (exact) mass is 450 g/mol. The number of carbonyl (C=O) groups excluding carboxylic acids is 2. The third kappa shape index (κ3) is 4.62. The fraction of sp³-hybridized carbons (Fsp3) is 0.280. The number of aryl methyl sites for hydroxylation is 1. The standard InChI is InChI=1S/C25H26N2O4S/c1-3-30-21-12-9-18(16-22(21)31-4-2)24(28)26-19-10-11-20-17(15-19)7-5-13-27(20)25(29)23-8-6-14-32-23/h6,8-12,14-16H,3-5,7,13H2,1-2H3,(H,26,28). The number of amides is 2. The number of thiophene rings is 1. The molecule has 1 N–H and O–H groups in total. The van der Waals surface area contributed by atoms with E-state index in [2.05, 4.69) is 5.32 Å². The van der Waals surface area contributed by atoms with Crippen LogP contribution in [0.5, 0.6) is 11.5 Å². The molecule has 2 aromatic carbocycles. The number of anilines is 2. The molecule has 6 nitrogen and oxygen atoms in total. The fourth-order valence-electron chi connectivity index (χ4n) is 3.81. The molecule has 3 aromatic rings.